The molecule has 2 N–H and O–H groups in total. The van der Waals surface area contributed by atoms with Crippen molar-refractivity contribution >= 4 is 21.9 Å². The Hall–Kier alpha value is -3.78. The molecule has 0 bridgehead atoms. The highest BCUT2D eigenvalue weighted by Gasteiger charge is 2.14. The third-order valence-corrected chi connectivity index (χ3v) is 4.41. The van der Waals surface area contributed by atoms with Crippen LogP contribution in [0.5, 0.6) is 17.2 Å². The second kappa shape index (κ2) is 7.92. The van der Waals surface area contributed by atoms with Crippen LogP contribution in [-0.2, 0) is 0 Å². The average Bonchev–Trinajstić information content (AvgIpc) is 2.69. The van der Waals surface area contributed by atoms with Gasteiger partial charge in [-0.2, -0.15) is 0 Å². The Bertz CT molecular complexity index is 1330. The minimum atomic E-state index is -1.04. The molecule has 0 saturated carbocycles. The van der Waals surface area contributed by atoms with Crippen molar-refractivity contribution in [2.45, 2.75) is 13.0 Å². The summed E-state index contributed by atoms with van der Waals surface area (Å²) in [6, 6.07) is 12.0. The molecule has 2 heterocycles. The molecule has 8 nitrogen and oxygen atoms in total. The lowest BCUT2D eigenvalue weighted by Gasteiger charge is -2.15. The quantitative estimate of drug-likeness (QED) is 0.466. The minimum Gasteiger partial charge on any atom is -0.507 e. The predicted octanol–water partition coefficient (Wildman–Crippen LogP) is 2.73. The number of aryl methyl sites for hydroxylation is 1. The Morgan fingerprint density at radius 3 is 2.17 bits per heavy atom. The van der Waals surface area contributed by atoms with Crippen LogP contribution >= 0.6 is 0 Å². The highest BCUT2D eigenvalue weighted by Crippen LogP contribution is 2.32. The molecular weight excluding hydrogens is 392 g/mol. The highest BCUT2D eigenvalue weighted by atomic mass is 16.5. The second-order valence-corrected chi connectivity index (χ2v) is 6.71. The summed E-state index contributed by atoms with van der Waals surface area (Å²) in [4.78, 5) is 23.7. The number of aliphatic hydroxyl groups excluding tert-OH is 1. The topological polar surface area (TPSA) is 119 Å². The van der Waals surface area contributed by atoms with Gasteiger partial charge in [0.25, 0.3) is 0 Å². The van der Waals surface area contributed by atoms with Gasteiger partial charge in [-0.05, 0) is 31.2 Å². The maximum absolute atomic E-state index is 12.3. The van der Waals surface area contributed by atoms with Crippen LogP contribution in [0.25, 0.3) is 21.9 Å². The fourth-order valence-electron chi connectivity index (χ4n) is 3.13. The molecule has 4 rings (SSSR count). The number of aromatic hydroxyl groups is 1. The van der Waals surface area contributed by atoms with Crippen LogP contribution in [0, 0.1) is 6.92 Å². The van der Waals surface area contributed by atoms with Gasteiger partial charge in [0.1, 0.15) is 64.3 Å². The summed E-state index contributed by atoms with van der Waals surface area (Å²) >= 11 is 0. The number of rotatable bonds is 6. The molecule has 1 unspecified atom stereocenters. The Kier molecular flexibility index (Phi) is 5.16. The molecule has 0 aliphatic rings. The first-order chi connectivity index (χ1) is 14.4. The van der Waals surface area contributed by atoms with Gasteiger partial charge < -0.3 is 28.5 Å². The van der Waals surface area contributed by atoms with E-state index < -0.39 is 11.7 Å². The van der Waals surface area contributed by atoms with Gasteiger partial charge in [-0.3, -0.25) is 4.79 Å². The maximum Gasteiger partial charge on any atom is 0.339 e. The van der Waals surface area contributed by atoms with Crippen molar-refractivity contribution in [1.29, 1.82) is 0 Å². The molecule has 0 radical (unpaired) electrons. The first-order valence-corrected chi connectivity index (χ1v) is 9.15. The SMILES string of the molecule is Cc1cc(=O)c2c(OCC(O)COc3cccc4oc(=O)cc(O)c34)cccc2o1. The van der Waals surface area contributed by atoms with Crippen LogP contribution in [0.15, 0.2) is 67.0 Å². The van der Waals surface area contributed by atoms with E-state index in [-0.39, 0.29) is 41.1 Å². The van der Waals surface area contributed by atoms with Gasteiger partial charge in [0.2, 0.25) is 0 Å². The number of ether oxygens (including phenoxy) is 2. The van der Waals surface area contributed by atoms with Crippen LogP contribution in [0.4, 0.5) is 0 Å². The molecule has 2 aromatic carbocycles. The molecule has 30 heavy (non-hydrogen) atoms. The molecule has 0 saturated heterocycles. The van der Waals surface area contributed by atoms with Crippen molar-refractivity contribution in [1.82, 2.24) is 0 Å². The molecule has 2 aromatic heterocycles. The second-order valence-electron chi connectivity index (χ2n) is 6.71. The van der Waals surface area contributed by atoms with E-state index in [1.165, 1.54) is 12.1 Å². The summed E-state index contributed by atoms with van der Waals surface area (Å²) in [6.07, 6.45) is -1.04. The smallest absolute Gasteiger partial charge is 0.339 e. The van der Waals surface area contributed by atoms with Crippen LogP contribution in [-0.4, -0.2) is 29.5 Å². The number of hydrogen-bond acceptors (Lipinski definition) is 8. The lowest BCUT2D eigenvalue weighted by molar-refractivity contribution is 0.0636. The average molecular weight is 410 g/mol. The fourth-order valence-corrected chi connectivity index (χ4v) is 3.13. The summed E-state index contributed by atoms with van der Waals surface area (Å²) in [5.74, 6) is 0.756. The molecular formula is C22H18O8. The van der Waals surface area contributed by atoms with Gasteiger partial charge in [0.15, 0.2) is 5.43 Å². The van der Waals surface area contributed by atoms with Crippen LogP contribution in [0.3, 0.4) is 0 Å². The van der Waals surface area contributed by atoms with Gasteiger partial charge in [-0.1, -0.05) is 12.1 Å². The lowest BCUT2D eigenvalue weighted by Crippen LogP contribution is -2.25. The molecule has 154 valence electrons. The lowest BCUT2D eigenvalue weighted by atomic mass is 10.2. The molecule has 0 fully saturated rings. The van der Waals surface area contributed by atoms with Crippen molar-refractivity contribution in [3.63, 3.8) is 0 Å². The standard InChI is InChI=1S/C22H18O8/c1-12-8-14(24)21-16(4-2-6-18(21)29-12)27-10-13(23)11-28-17-5-3-7-19-22(17)15(25)9-20(26)30-19/h2-9,13,23,25H,10-11H2,1H3. The number of fused-ring (bicyclic) bond motifs is 2. The van der Waals surface area contributed by atoms with Crippen molar-refractivity contribution < 1.29 is 28.5 Å². The van der Waals surface area contributed by atoms with Crippen molar-refractivity contribution in [2.24, 2.45) is 0 Å². The van der Waals surface area contributed by atoms with E-state index in [4.69, 9.17) is 18.3 Å². The Morgan fingerprint density at radius 1 is 0.900 bits per heavy atom. The van der Waals surface area contributed by atoms with E-state index in [2.05, 4.69) is 0 Å². The van der Waals surface area contributed by atoms with Gasteiger partial charge >= 0.3 is 5.63 Å². The maximum atomic E-state index is 12.3. The van der Waals surface area contributed by atoms with Crippen LogP contribution in [0.2, 0.25) is 0 Å². The normalized spacial score (nSPS) is 12.2. The van der Waals surface area contributed by atoms with Gasteiger partial charge in [-0.15, -0.1) is 0 Å². The molecule has 0 spiro atoms. The molecule has 8 heteroatoms. The fraction of sp³-hybridized carbons (Fsp3) is 0.182. The zero-order chi connectivity index (χ0) is 21.3. The summed E-state index contributed by atoms with van der Waals surface area (Å²) in [5, 5.41) is 20.8. The Morgan fingerprint density at radius 2 is 1.50 bits per heavy atom. The molecule has 0 aliphatic heterocycles. The number of benzene rings is 2. The third-order valence-electron chi connectivity index (χ3n) is 4.41. The van der Waals surface area contributed by atoms with E-state index in [9.17, 15) is 19.8 Å². The van der Waals surface area contributed by atoms with E-state index in [0.29, 0.717) is 22.5 Å². The largest absolute Gasteiger partial charge is 0.507 e. The Labute approximate surface area is 169 Å². The summed E-state index contributed by atoms with van der Waals surface area (Å²) in [7, 11) is 0. The minimum absolute atomic E-state index is 0.141. The zero-order valence-electron chi connectivity index (χ0n) is 16.0. The first kappa shape index (κ1) is 19.5. The van der Waals surface area contributed by atoms with E-state index in [1.807, 2.05) is 0 Å². The number of aliphatic hydroxyl groups is 1. The van der Waals surface area contributed by atoms with Crippen molar-refractivity contribution in [3.05, 3.63) is 74.9 Å². The molecule has 4 aromatic rings. The van der Waals surface area contributed by atoms with E-state index >= 15 is 0 Å². The Balaban J connectivity index is 1.48. The van der Waals surface area contributed by atoms with Crippen LogP contribution < -0.4 is 20.5 Å². The van der Waals surface area contributed by atoms with Gasteiger partial charge in [0, 0.05) is 6.07 Å². The van der Waals surface area contributed by atoms with Crippen molar-refractivity contribution in [2.75, 3.05) is 13.2 Å². The number of hydrogen-bond donors (Lipinski definition) is 2. The third kappa shape index (κ3) is 3.85. The highest BCUT2D eigenvalue weighted by molar-refractivity contribution is 5.89. The summed E-state index contributed by atoms with van der Waals surface area (Å²) < 4.78 is 21.8. The summed E-state index contributed by atoms with van der Waals surface area (Å²) in [5.41, 5.74) is -0.347. The van der Waals surface area contributed by atoms with E-state index in [1.54, 1.807) is 37.3 Å². The van der Waals surface area contributed by atoms with Crippen LogP contribution in [0.1, 0.15) is 5.76 Å². The molecule has 0 amide bonds. The van der Waals surface area contributed by atoms with Crippen molar-refractivity contribution in [3.8, 4) is 17.2 Å². The van der Waals surface area contributed by atoms with Gasteiger partial charge in [-0.25, -0.2) is 4.79 Å². The molecule has 1 atom stereocenters. The summed E-state index contributed by atoms with van der Waals surface area (Å²) in [6.45, 7) is 1.39. The molecule has 0 aliphatic carbocycles. The zero-order valence-corrected chi connectivity index (χ0v) is 16.0. The van der Waals surface area contributed by atoms with Gasteiger partial charge in [0.05, 0.1) is 6.07 Å². The van der Waals surface area contributed by atoms with E-state index in [0.717, 1.165) is 6.07 Å². The first-order valence-electron chi connectivity index (χ1n) is 9.15. The predicted molar refractivity (Wildman–Crippen MR) is 108 cm³/mol. The monoisotopic (exact) mass is 410 g/mol.